The van der Waals surface area contributed by atoms with E-state index in [1.807, 2.05) is 17.5 Å². The molecule has 4 heterocycles. The Bertz CT molecular complexity index is 836. The van der Waals surface area contributed by atoms with E-state index < -0.39 is 0 Å². The summed E-state index contributed by atoms with van der Waals surface area (Å²) in [5.41, 5.74) is 5.81. The third kappa shape index (κ3) is 5.22. The highest BCUT2D eigenvalue weighted by Crippen LogP contribution is 2.32. The minimum atomic E-state index is 0. The van der Waals surface area contributed by atoms with Crippen LogP contribution < -0.4 is 17.3 Å². The number of rotatable bonds is 7. The molecule has 3 aromatic heterocycles. The van der Waals surface area contributed by atoms with Gasteiger partial charge in [-0.05, 0) is 61.8 Å². The Kier molecular flexibility index (Phi) is 8.06. The lowest BCUT2D eigenvalue weighted by Crippen LogP contribution is -3.12. The van der Waals surface area contributed by atoms with E-state index in [2.05, 4.69) is 33.7 Å². The Morgan fingerprint density at radius 2 is 1.64 bits per heavy atom. The first kappa shape index (κ1) is 21.5. The van der Waals surface area contributed by atoms with Gasteiger partial charge in [-0.1, -0.05) is 11.6 Å². The van der Waals surface area contributed by atoms with Crippen molar-refractivity contribution in [3.63, 3.8) is 0 Å². The summed E-state index contributed by atoms with van der Waals surface area (Å²) in [6.07, 6.45) is 4.00. The van der Waals surface area contributed by atoms with Crippen LogP contribution in [-0.4, -0.2) is 25.4 Å². The minimum Gasteiger partial charge on any atom is -1.00 e. The van der Waals surface area contributed by atoms with Gasteiger partial charge in [-0.25, -0.2) is 0 Å². The second kappa shape index (κ2) is 10.5. The van der Waals surface area contributed by atoms with Gasteiger partial charge in [-0.15, -0.1) is 11.3 Å². The van der Waals surface area contributed by atoms with Crippen LogP contribution in [0.1, 0.15) is 46.5 Å². The molecule has 1 aliphatic heterocycles. The van der Waals surface area contributed by atoms with Crippen molar-refractivity contribution in [1.29, 1.82) is 0 Å². The van der Waals surface area contributed by atoms with Crippen LogP contribution in [0.25, 0.3) is 5.57 Å². The maximum Gasteiger partial charge on any atom is 0.173 e. The van der Waals surface area contributed by atoms with E-state index in [0.717, 1.165) is 30.7 Å². The summed E-state index contributed by atoms with van der Waals surface area (Å²) >= 11 is 5.11. The van der Waals surface area contributed by atoms with Crippen molar-refractivity contribution in [1.82, 2.24) is 0 Å². The van der Waals surface area contributed by atoms with Crippen LogP contribution >= 0.6 is 34.0 Å². The molecule has 28 heavy (non-hydrogen) atoms. The number of quaternary nitrogens is 1. The fourth-order valence-corrected chi connectivity index (χ4v) is 5.84. The molecule has 2 nitrogen and oxygen atoms in total. The van der Waals surface area contributed by atoms with Crippen molar-refractivity contribution in [2.75, 3.05) is 19.6 Å². The molecular formula is C22H24ClNOS3. The Labute approximate surface area is 184 Å². The number of thiophene rings is 3. The molecule has 0 aromatic carbocycles. The Morgan fingerprint density at radius 3 is 2.18 bits per heavy atom. The quantitative estimate of drug-likeness (QED) is 0.547. The van der Waals surface area contributed by atoms with Crippen molar-refractivity contribution >= 4 is 45.4 Å². The molecule has 1 aliphatic rings. The van der Waals surface area contributed by atoms with Crippen LogP contribution in [0.5, 0.6) is 0 Å². The Balaban J connectivity index is 0.00000225. The fraction of sp³-hybridized carbons (Fsp3) is 0.318. The smallest absolute Gasteiger partial charge is 0.173 e. The molecule has 0 amide bonds. The van der Waals surface area contributed by atoms with Crippen LogP contribution in [0.2, 0.25) is 0 Å². The van der Waals surface area contributed by atoms with Gasteiger partial charge in [0.15, 0.2) is 5.78 Å². The average molecular weight is 450 g/mol. The first-order chi connectivity index (χ1) is 13.3. The van der Waals surface area contributed by atoms with Gasteiger partial charge in [0.2, 0.25) is 0 Å². The van der Waals surface area contributed by atoms with Crippen LogP contribution in [0.15, 0.2) is 56.7 Å². The van der Waals surface area contributed by atoms with Gasteiger partial charge in [-0.2, -0.15) is 22.7 Å². The number of Topliss-reactive ketones (excluding diaryl/α,β-unsaturated/α-hetero) is 1. The third-order valence-corrected chi connectivity index (χ3v) is 7.54. The summed E-state index contributed by atoms with van der Waals surface area (Å²) in [4.78, 5) is 14.7. The molecule has 148 valence electrons. The maximum absolute atomic E-state index is 12.1. The van der Waals surface area contributed by atoms with Gasteiger partial charge in [0.25, 0.3) is 0 Å². The molecule has 0 spiro atoms. The monoisotopic (exact) mass is 449 g/mol. The highest BCUT2D eigenvalue weighted by atomic mass is 35.5. The second-order valence-corrected chi connectivity index (χ2v) is 9.51. The zero-order chi connectivity index (χ0) is 18.5. The van der Waals surface area contributed by atoms with Crippen molar-refractivity contribution < 1.29 is 22.1 Å². The molecule has 0 unspecified atom stereocenters. The average Bonchev–Trinajstić information content (AvgIpc) is 3.47. The van der Waals surface area contributed by atoms with E-state index >= 15 is 0 Å². The molecule has 1 saturated heterocycles. The van der Waals surface area contributed by atoms with E-state index in [-0.39, 0.29) is 12.4 Å². The summed E-state index contributed by atoms with van der Waals surface area (Å²) < 4.78 is 0. The lowest BCUT2D eigenvalue weighted by atomic mass is 9.91. The molecule has 1 N–H and O–H groups in total. The van der Waals surface area contributed by atoms with Crippen LogP contribution in [-0.2, 0) is 0 Å². The molecule has 0 aliphatic carbocycles. The standard InChI is InChI=1S/C22H23NOS3.ClH/c24-20(21-4-2-12-27-21)3-1-9-23-10-5-17(6-11-23)22(18-7-13-25-15-18)19-8-14-26-16-19;/h2,4,7-8,12-16H,1,3,5-6,9-11H2;1H. The normalized spacial score (nSPS) is 16.6. The Hall–Kier alpha value is -1.24. The highest BCUT2D eigenvalue weighted by Gasteiger charge is 2.22. The van der Waals surface area contributed by atoms with Crippen molar-refractivity contribution in [3.05, 3.63) is 72.7 Å². The van der Waals surface area contributed by atoms with Crippen molar-refractivity contribution in [3.8, 4) is 0 Å². The fourth-order valence-electron chi connectivity index (χ4n) is 3.85. The van der Waals surface area contributed by atoms with Gasteiger partial charge in [-0.3, -0.25) is 4.79 Å². The van der Waals surface area contributed by atoms with Crippen molar-refractivity contribution in [2.24, 2.45) is 0 Å². The first-order valence-electron chi connectivity index (χ1n) is 9.48. The molecule has 0 atom stereocenters. The van der Waals surface area contributed by atoms with Crippen LogP contribution in [0.3, 0.4) is 0 Å². The summed E-state index contributed by atoms with van der Waals surface area (Å²) in [7, 11) is 0. The molecule has 6 heteroatoms. The lowest BCUT2D eigenvalue weighted by Gasteiger charge is -2.27. The molecular weight excluding hydrogens is 426 g/mol. The Morgan fingerprint density at radius 1 is 0.964 bits per heavy atom. The molecule has 1 fully saturated rings. The van der Waals surface area contributed by atoms with Crippen LogP contribution in [0, 0.1) is 0 Å². The number of hydrogen-bond acceptors (Lipinski definition) is 4. The third-order valence-electron chi connectivity index (χ3n) is 5.26. The molecule has 0 saturated carbocycles. The SMILES string of the molecule is O=C(CCC[NH+]1CCC(=C(c2ccsc2)c2ccsc2)CC1)c1cccs1.[Cl-]. The maximum atomic E-state index is 12.1. The van der Waals surface area contributed by atoms with Crippen molar-refractivity contribution in [2.45, 2.75) is 25.7 Å². The largest absolute Gasteiger partial charge is 1.00 e. The second-order valence-electron chi connectivity index (χ2n) is 7.01. The number of likely N-dealkylation sites (tertiary alicyclic amines) is 1. The van der Waals surface area contributed by atoms with Gasteiger partial charge in [0, 0.05) is 25.7 Å². The van der Waals surface area contributed by atoms with E-state index in [1.165, 1.54) is 29.8 Å². The number of carbonyl (C=O) groups excluding carboxylic acids is 1. The molecule has 0 bridgehead atoms. The van der Waals surface area contributed by atoms with Gasteiger partial charge in [0.05, 0.1) is 24.5 Å². The predicted molar refractivity (Wildman–Crippen MR) is 117 cm³/mol. The number of hydrogen-bond donors (Lipinski definition) is 1. The molecule has 0 radical (unpaired) electrons. The van der Waals surface area contributed by atoms with E-state index in [0.29, 0.717) is 12.2 Å². The molecule has 3 aromatic rings. The summed E-state index contributed by atoms with van der Waals surface area (Å²) in [6.45, 7) is 3.47. The number of carbonyl (C=O) groups is 1. The molecule has 4 rings (SSSR count). The van der Waals surface area contributed by atoms with Gasteiger partial charge in [0.1, 0.15) is 0 Å². The van der Waals surface area contributed by atoms with Gasteiger partial charge < -0.3 is 17.3 Å². The van der Waals surface area contributed by atoms with Crippen LogP contribution in [0.4, 0.5) is 0 Å². The van der Waals surface area contributed by atoms with E-state index in [4.69, 9.17) is 0 Å². The number of nitrogens with one attached hydrogen (secondary N) is 1. The zero-order valence-corrected chi connectivity index (χ0v) is 18.9. The minimum absolute atomic E-state index is 0. The predicted octanol–water partition coefficient (Wildman–Crippen LogP) is 2.02. The number of ketones is 1. The highest BCUT2D eigenvalue weighted by molar-refractivity contribution is 7.12. The van der Waals surface area contributed by atoms with E-state index in [1.54, 1.807) is 44.5 Å². The summed E-state index contributed by atoms with van der Waals surface area (Å²) in [5, 5.41) is 10.9. The summed E-state index contributed by atoms with van der Waals surface area (Å²) in [5.74, 6) is 0.305. The zero-order valence-electron chi connectivity index (χ0n) is 15.7. The first-order valence-corrected chi connectivity index (χ1v) is 12.3. The lowest BCUT2D eigenvalue weighted by molar-refractivity contribution is -0.902. The topological polar surface area (TPSA) is 21.5 Å². The summed E-state index contributed by atoms with van der Waals surface area (Å²) in [6, 6.07) is 8.40. The number of piperidine rings is 1. The van der Waals surface area contributed by atoms with Gasteiger partial charge >= 0.3 is 0 Å². The van der Waals surface area contributed by atoms with E-state index in [9.17, 15) is 4.79 Å². The number of halogens is 1.